The number of non-ortho nitro benzene ring substituents is 1. The first-order valence-electron chi connectivity index (χ1n) is 18.2. The summed E-state index contributed by atoms with van der Waals surface area (Å²) in [5.41, 5.74) is 3.84. The minimum Gasteiger partial charge on any atom is -0.464 e. The number of piperidine rings is 1. The highest BCUT2D eigenvalue weighted by Gasteiger charge is 2.34. The van der Waals surface area contributed by atoms with Gasteiger partial charge in [-0.15, -0.1) is 0 Å². The van der Waals surface area contributed by atoms with Gasteiger partial charge in [-0.1, -0.05) is 55.5 Å². The highest BCUT2D eigenvalue weighted by atomic mass is 16.6. The van der Waals surface area contributed by atoms with Gasteiger partial charge in [-0.25, -0.2) is 0 Å². The van der Waals surface area contributed by atoms with Crippen molar-refractivity contribution in [3.63, 3.8) is 0 Å². The second-order valence-corrected chi connectivity index (χ2v) is 13.3. The van der Waals surface area contributed by atoms with Gasteiger partial charge in [0.1, 0.15) is 6.61 Å². The number of para-hydroxylation sites is 1. The lowest BCUT2D eigenvalue weighted by Gasteiger charge is -2.43. The number of aliphatic hydroxyl groups is 1. The summed E-state index contributed by atoms with van der Waals surface area (Å²) in [5, 5.41) is 30.0. The number of hydrogen-bond donors (Lipinski definition) is 1. The largest absolute Gasteiger partial charge is 0.464 e. The van der Waals surface area contributed by atoms with Crippen LogP contribution < -0.4 is 9.80 Å². The molecule has 0 saturated carbocycles. The minimum atomic E-state index is -0.564. The Morgan fingerprint density at radius 2 is 1.53 bits per heavy atom. The molecule has 0 spiro atoms. The van der Waals surface area contributed by atoms with Crippen LogP contribution in [0.3, 0.4) is 0 Å². The number of nitro groups is 1. The highest BCUT2D eigenvalue weighted by Crippen LogP contribution is 2.30. The number of hydrogen-bond acceptors (Lipinski definition) is 10. The van der Waals surface area contributed by atoms with E-state index in [0.717, 1.165) is 36.4 Å². The number of ether oxygens (including phenoxy) is 1. The molecule has 0 radical (unpaired) electrons. The summed E-state index contributed by atoms with van der Waals surface area (Å²) >= 11 is 0. The molecular weight excluding hydrogens is 672 g/mol. The third-order valence-electron chi connectivity index (χ3n) is 9.53. The molecule has 12 heteroatoms. The fourth-order valence-electron chi connectivity index (χ4n) is 6.71. The highest BCUT2D eigenvalue weighted by molar-refractivity contribution is 5.94. The maximum absolute atomic E-state index is 13.8. The number of anilines is 2. The van der Waals surface area contributed by atoms with Crippen LogP contribution in [0.2, 0.25) is 0 Å². The van der Waals surface area contributed by atoms with Gasteiger partial charge in [0.05, 0.1) is 28.9 Å². The number of nitrogens with zero attached hydrogens (tertiary/aromatic N) is 6. The number of likely N-dealkylation sites (tertiary alicyclic amines) is 1. The van der Waals surface area contributed by atoms with E-state index in [0.29, 0.717) is 37.4 Å². The first-order chi connectivity index (χ1) is 25.7. The molecule has 1 amide bonds. The van der Waals surface area contributed by atoms with Gasteiger partial charge in [-0.2, -0.15) is 10.2 Å². The van der Waals surface area contributed by atoms with Crippen molar-refractivity contribution < 1.29 is 24.4 Å². The van der Waals surface area contributed by atoms with Crippen LogP contribution in [0.15, 0.2) is 119 Å². The van der Waals surface area contributed by atoms with E-state index in [1.807, 2.05) is 96.8 Å². The summed E-state index contributed by atoms with van der Waals surface area (Å²) in [6.07, 6.45) is 1.00. The Kier molecular flexibility index (Phi) is 14.2. The molecule has 3 atom stereocenters. The fourth-order valence-corrected chi connectivity index (χ4v) is 6.71. The monoisotopic (exact) mass is 720 g/mol. The standard InChI is InChI=1S/C41H48N6O6/c1-3-45(35-21-17-33(18-22-35)42-43-34-19-23-37(24-20-34)47(51)52)27-28-53-41(50)16-10-15-40(49)46(36-13-8-5-9-14-36)38-25-26-44(29-31(38)2)30-39(48)32-11-6-4-7-12-32/h4-9,11-14,17-24,31,38-39,48H,3,10,15-16,25-30H2,1-2H3/t31-,38+,39-/m1/s1. The zero-order valence-electron chi connectivity index (χ0n) is 30.4. The number of amides is 1. The third kappa shape index (κ3) is 11.3. The van der Waals surface area contributed by atoms with Crippen molar-refractivity contribution in [3.8, 4) is 0 Å². The van der Waals surface area contributed by atoms with Gasteiger partial charge in [-0.3, -0.25) is 24.6 Å². The number of carbonyl (C=O) groups excluding carboxylic acids is 2. The van der Waals surface area contributed by atoms with E-state index in [4.69, 9.17) is 4.74 Å². The summed E-state index contributed by atoms with van der Waals surface area (Å²) in [5.74, 6) is -0.155. The maximum atomic E-state index is 13.8. The summed E-state index contributed by atoms with van der Waals surface area (Å²) in [6, 6.07) is 32.8. The molecule has 1 aliphatic heterocycles. The number of esters is 1. The zero-order valence-corrected chi connectivity index (χ0v) is 30.4. The molecule has 12 nitrogen and oxygen atoms in total. The van der Waals surface area contributed by atoms with Gasteiger partial charge >= 0.3 is 5.97 Å². The van der Waals surface area contributed by atoms with Gasteiger partial charge in [0, 0.05) is 68.6 Å². The Bertz CT molecular complexity index is 1790. The normalized spacial score (nSPS) is 16.6. The Balaban J connectivity index is 1.07. The number of carbonyl (C=O) groups is 2. The average Bonchev–Trinajstić information content (AvgIpc) is 3.18. The molecule has 1 fully saturated rings. The molecule has 4 aromatic rings. The van der Waals surface area contributed by atoms with Gasteiger partial charge in [0.15, 0.2) is 0 Å². The van der Waals surface area contributed by atoms with Crippen molar-refractivity contribution in [1.29, 1.82) is 0 Å². The fraction of sp³-hybridized carbons (Fsp3) is 0.366. The Morgan fingerprint density at radius 3 is 2.13 bits per heavy atom. The molecule has 1 aliphatic rings. The zero-order chi connectivity index (χ0) is 37.6. The molecule has 278 valence electrons. The lowest BCUT2D eigenvalue weighted by Crippen LogP contribution is -2.53. The minimum absolute atomic E-state index is 0.00485. The van der Waals surface area contributed by atoms with E-state index < -0.39 is 11.0 Å². The van der Waals surface area contributed by atoms with Crippen molar-refractivity contribution in [2.75, 3.05) is 49.1 Å². The quantitative estimate of drug-likeness (QED) is 0.0500. The predicted octanol–water partition coefficient (Wildman–Crippen LogP) is 8.03. The molecule has 1 N–H and O–H groups in total. The van der Waals surface area contributed by atoms with Gasteiger partial charge < -0.3 is 19.6 Å². The Labute approximate surface area is 310 Å². The Hall–Kier alpha value is -5.46. The van der Waals surface area contributed by atoms with E-state index >= 15 is 0 Å². The first kappa shape index (κ1) is 38.8. The van der Waals surface area contributed by atoms with Gasteiger partial charge in [0.2, 0.25) is 5.91 Å². The lowest BCUT2D eigenvalue weighted by molar-refractivity contribution is -0.384. The second-order valence-electron chi connectivity index (χ2n) is 13.3. The van der Waals surface area contributed by atoms with Crippen molar-refractivity contribution in [2.45, 2.75) is 51.7 Å². The van der Waals surface area contributed by atoms with Crippen LogP contribution in [0.1, 0.15) is 51.2 Å². The molecule has 0 aromatic heterocycles. The van der Waals surface area contributed by atoms with Crippen LogP contribution in [0, 0.1) is 16.0 Å². The average molecular weight is 721 g/mol. The molecule has 5 rings (SSSR count). The maximum Gasteiger partial charge on any atom is 0.305 e. The van der Waals surface area contributed by atoms with Crippen LogP contribution >= 0.6 is 0 Å². The number of β-amino-alcohol motifs (C(OH)–C–C–N with tert-alkyl or cyclic N) is 1. The predicted molar refractivity (Wildman–Crippen MR) is 206 cm³/mol. The second kappa shape index (κ2) is 19.4. The van der Waals surface area contributed by atoms with E-state index in [2.05, 4.69) is 27.0 Å². The number of azo groups is 1. The van der Waals surface area contributed by atoms with Crippen molar-refractivity contribution in [1.82, 2.24) is 4.90 Å². The summed E-state index contributed by atoms with van der Waals surface area (Å²) in [7, 11) is 0. The number of likely N-dealkylation sites (N-methyl/N-ethyl adjacent to an activating group) is 1. The number of nitro benzene ring substituents is 1. The number of aliphatic hydroxyl groups excluding tert-OH is 1. The van der Waals surface area contributed by atoms with E-state index in [-0.39, 0.29) is 49.0 Å². The third-order valence-corrected chi connectivity index (χ3v) is 9.53. The van der Waals surface area contributed by atoms with Crippen molar-refractivity contribution in [3.05, 3.63) is 125 Å². The van der Waals surface area contributed by atoms with Crippen molar-refractivity contribution in [2.24, 2.45) is 16.1 Å². The summed E-state index contributed by atoms with van der Waals surface area (Å²) in [6.45, 7) is 7.70. The topological polar surface area (TPSA) is 141 Å². The van der Waals surface area contributed by atoms with Crippen LogP contribution in [0.5, 0.6) is 0 Å². The smallest absolute Gasteiger partial charge is 0.305 e. The van der Waals surface area contributed by atoms with Crippen LogP contribution in [0.4, 0.5) is 28.4 Å². The van der Waals surface area contributed by atoms with Gasteiger partial charge in [-0.05, 0) is 79.8 Å². The lowest BCUT2D eigenvalue weighted by atomic mass is 9.91. The molecule has 0 bridgehead atoms. The van der Waals surface area contributed by atoms with E-state index in [1.54, 1.807) is 12.1 Å². The van der Waals surface area contributed by atoms with Crippen LogP contribution in [-0.2, 0) is 14.3 Å². The van der Waals surface area contributed by atoms with Crippen LogP contribution in [-0.4, -0.2) is 72.2 Å². The molecule has 0 unspecified atom stereocenters. The van der Waals surface area contributed by atoms with E-state index in [9.17, 15) is 24.8 Å². The first-order valence-corrected chi connectivity index (χ1v) is 18.2. The van der Waals surface area contributed by atoms with E-state index in [1.165, 1.54) is 12.1 Å². The summed E-state index contributed by atoms with van der Waals surface area (Å²) < 4.78 is 5.56. The van der Waals surface area contributed by atoms with Crippen LogP contribution in [0.25, 0.3) is 0 Å². The number of rotatable bonds is 17. The SMILES string of the molecule is CCN(CCOC(=O)CCCC(=O)N(c1ccccc1)[C@H]1CCN(C[C@@H](O)c2ccccc2)C[C@H]1C)c1ccc(N=Nc2ccc([N+](=O)[O-])cc2)cc1. The molecule has 53 heavy (non-hydrogen) atoms. The molecule has 1 saturated heterocycles. The Morgan fingerprint density at radius 1 is 0.906 bits per heavy atom. The summed E-state index contributed by atoms with van der Waals surface area (Å²) in [4.78, 5) is 43.1. The molecule has 1 heterocycles. The molecule has 0 aliphatic carbocycles. The van der Waals surface area contributed by atoms with Crippen molar-refractivity contribution >= 4 is 40.3 Å². The molecular formula is C41H48N6O6. The molecule has 4 aromatic carbocycles. The van der Waals surface area contributed by atoms with Gasteiger partial charge in [0.25, 0.3) is 5.69 Å². The number of benzene rings is 4.